The molecule has 0 fully saturated rings. The number of aromatic nitrogens is 1. The van der Waals surface area contributed by atoms with E-state index in [1.807, 2.05) is 45.9 Å². The van der Waals surface area contributed by atoms with Crippen LogP contribution in [0.1, 0.15) is 45.4 Å². The summed E-state index contributed by atoms with van der Waals surface area (Å²) in [4.78, 5) is 12.5. The Bertz CT molecular complexity index is 632. The molecule has 0 saturated heterocycles. The van der Waals surface area contributed by atoms with Crippen molar-refractivity contribution in [3.63, 3.8) is 0 Å². The molecule has 0 unspecified atom stereocenters. The molecule has 0 radical (unpaired) electrons. The van der Waals surface area contributed by atoms with Gasteiger partial charge in [0.25, 0.3) is 0 Å². The van der Waals surface area contributed by atoms with Gasteiger partial charge < -0.3 is 4.74 Å². The van der Waals surface area contributed by atoms with E-state index >= 15 is 0 Å². The number of fused-ring (bicyclic) bond motifs is 1. The van der Waals surface area contributed by atoms with E-state index in [-0.39, 0.29) is 6.09 Å². The normalized spacial score (nSPS) is 11.8. The molecule has 0 amide bonds. The lowest BCUT2D eigenvalue weighted by Gasteiger charge is -2.20. The number of hydrogen-bond donors (Lipinski definition) is 0. The van der Waals surface area contributed by atoms with E-state index in [0.717, 1.165) is 29.4 Å². The zero-order chi connectivity index (χ0) is 14.9. The fourth-order valence-electron chi connectivity index (χ4n) is 2.54. The van der Waals surface area contributed by atoms with Gasteiger partial charge in [-0.25, -0.2) is 9.36 Å². The fraction of sp³-hybridized carbons (Fsp3) is 0.471. The lowest BCUT2D eigenvalue weighted by atomic mass is 10.1. The summed E-state index contributed by atoms with van der Waals surface area (Å²) in [5.41, 5.74) is 2.68. The topological polar surface area (TPSA) is 31.2 Å². The monoisotopic (exact) mass is 273 g/mol. The average molecular weight is 273 g/mol. The Hall–Kier alpha value is -1.77. The van der Waals surface area contributed by atoms with Crippen LogP contribution in [0, 0.1) is 6.92 Å². The highest BCUT2D eigenvalue weighted by Crippen LogP contribution is 2.27. The summed E-state index contributed by atoms with van der Waals surface area (Å²) in [5, 5.41) is 1.15. The van der Waals surface area contributed by atoms with Crippen LogP contribution in [-0.4, -0.2) is 16.3 Å². The lowest BCUT2D eigenvalue weighted by molar-refractivity contribution is 0.0541. The summed E-state index contributed by atoms with van der Waals surface area (Å²) < 4.78 is 7.23. The first-order valence-corrected chi connectivity index (χ1v) is 7.17. The van der Waals surface area contributed by atoms with Gasteiger partial charge in [0, 0.05) is 11.1 Å². The highest BCUT2D eigenvalue weighted by atomic mass is 16.6. The molecule has 0 bridgehead atoms. The highest BCUT2D eigenvalue weighted by Gasteiger charge is 2.23. The molecule has 1 aromatic heterocycles. The Balaban J connectivity index is 2.58. The molecule has 0 aliphatic carbocycles. The number of aryl methyl sites for hydroxylation is 1. The minimum atomic E-state index is -0.486. The molecule has 3 nitrogen and oxygen atoms in total. The number of para-hydroxylation sites is 1. The second kappa shape index (κ2) is 5.31. The van der Waals surface area contributed by atoms with Crippen molar-refractivity contribution < 1.29 is 9.53 Å². The third kappa shape index (κ3) is 2.72. The molecule has 3 heteroatoms. The fourth-order valence-corrected chi connectivity index (χ4v) is 2.54. The van der Waals surface area contributed by atoms with Gasteiger partial charge in [0.1, 0.15) is 5.60 Å². The van der Waals surface area contributed by atoms with Crippen molar-refractivity contribution in [3.05, 3.63) is 35.5 Å². The number of nitrogens with zero attached hydrogens (tertiary/aromatic N) is 1. The van der Waals surface area contributed by atoms with Crippen LogP contribution in [-0.2, 0) is 11.2 Å². The van der Waals surface area contributed by atoms with Gasteiger partial charge in [0.15, 0.2) is 0 Å². The van der Waals surface area contributed by atoms with Crippen LogP contribution in [0.2, 0.25) is 0 Å². The van der Waals surface area contributed by atoms with Crippen LogP contribution in [0.15, 0.2) is 24.3 Å². The van der Waals surface area contributed by atoms with Gasteiger partial charge >= 0.3 is 6.09 Å². The third-order valence-electron chi connectivity index (χ3n) is 3.32. The van der Waals surface area contributed by atoms with Crippen molar-refractivity contribution in [1.29, 1.82) is 0 Å². The van der Waals surface area contributed by atoms with Gasteiger partial charge in [-0.3, -0.25) is 0 Å². The number of carbonyl (C=O) groups excluding carboxylic acids is 1. The Morgan fingerprint density at radius 2 is 1.90 bits per heavy atom. The van der Waals surface area contributed by atoms with E-state index in [2.05, 4.69) is 13.0 Å². The number of ether oxygens (including phenoxy) is 1. The molecule has 108 valence electrons. The van der Waals surface area contributed by atoms with E-state index in [1.165, 1.54) is 5.56 Å². The molecule has 0 N–H and O–H groups in total. The van der Waals surface area contributed by atoms with Gasteiger partial charge in [-0.2, -0.15) is 0 Å². The van der Waals surface area contributed by atoms with Crippen molar-refractivity contribution in [3.8, 4) is 0 Å². The van der Waals surface area contributed by atoms with Gasteiger partial charge in [-0.15, -0.1) is 0 Å². The van der Waals surface area contributed by atoms with Crippen LogP contribution in [0.4, 0.5) is 4.79 Å². The third-order valence-corrected chi connectivity index (χ3v) is 3.32. The van der Waals surface area contributed by atoms with E-state index in [9.17, 15) is 4.79 Å². The number of rotatable bonds is 2. The Morgan fingerprint density at radius 1 is 1.25 bits per heavy atom. The van der Waals surface area contributed by atoms with Gasteiger partial charge in [-0.1, -0.05) is 31.5 Å². The minimum absolute atomic E-state index is 0.298. The van der Waals surface area contributed by atoms with Crippen LogP contribution in [0.5, 0.6) is 0 Å². The van der Waals surface area contributed by atoms with E-state index < -0.39 is 5.60 Å². The zero-order valence-electron chi connectivity index (χ0n) is 13.0. The first-order valence-electron chi connectivity index (χ1n) is 7.17. The van der Waals surface area contributed by atoms with Crippen LogP contribution in [0.25, 0.3) is 10.9 Å². The Kier molecular flexibility index (Phi) is 3.89. The molecular formula is C17H23NO2. The highest BCUT2D eigenvalue weighted by molar-refractivity contribution is 5.93. The second-order valence-corrected chi connectivity index (χ2v) is 6.15. The maximum Gasteiger partial charge on any atom is 0.419 e. The summed E-state index contributed by atoms with van der Waals surface area (Å²) in [5.74, 6) is 0. The summed E-state index contributed by atoms with van der Waals surface area (Å²) in [7, 11) is 0. The number of carbonyl (C=O) groups is 1. The molecule has 0 aliphatic rings. The van der Waals surface area contributed by atoms with Crippen molar-refractivity contribution in [1.82, 2.24) is 4.57 Å². The number of benzene rings is 1. The predicted molar refractivity (Wildman–Crippen MR) is 82.3 cm³/mol. The standard InChI is InChI=1S/C17H23NO2/c1-6-9-13-12(2)18(16(19)20-17(3,4)5)15-11-8-7-10-14(13)15/h7-8,10-11H,6,9H2,1-5H3. The van der Waals surface area contributed by atoms with Gasteiger partial charge in [0.2, 0.25) is 0 Å². The molecule has 0 saturated carbocycles. The van der Waals surface area contributed by atoms with Crippen molar-refractivity contribution in [2.45, 2.75) is 53.1 Å². The molecule has 1 aromatic carbocycles. The summed E-state index contributed by atoms with van der Waals surface area (Å²) in [6, 6.07) is 8.03. The van der Waals surface area contributed by atoms with Crippen LogP contribution in [0.3, 0.4) is 0 Å². The van der Waals surface area contributed by atoms with Crippen LogP contribution < -0.4 is 0 Å². The van der Waals surface area contributed by atoms with E-state index in [1.54, 1.807) is 4.57 Å². The minimum Gasteiger partial charge on any atom is -0.443 e. The van der Waals surface area contributed by atoms with E-state index in [0.29, 0.717) is 0 Å². The Morgan fingerprint density at radius 3 is 2.50 bits per heavy atom. The molecule has 2 rings (SSSR count). The summed E-state index contributed by atoms with van der Waals surface area (Å²) in [6.45, 7) is 9.81. The maximum atomic E-state index is 12.5. The SMILES string of the molecule is CCCc1c(C)n(C(=O)OC(C)(C)C)c2ccccc12. The van der Waals surface area contributed by atoms with Gasteiger partial charge in [0.05, 0.1) is 5.52 Å². The number of hydrogen-bond acceptors (Lipinski definition) is 2. The summed E-state index contributed by atoms with van der Waals surface area (Å²) >= 11 is 0. The molecule has 1 heterocycles. The van der Waals surface area contributed by atoms with E-state index in [4.69, 9.17) is 4.74 Å². The largest absolute Gasteiger partial charge is 0.443 e. The maximum absolute atomic E-state index is 12.5. The molecular weight excluding hydrogens is 250 g/mol. The second-order valence-electron chi connectivity index (χ2n) is 6.15. The molecule has 0 spiro atoms. The van der Waals surface area contributed by atoms with Gasteiger partial charge in [-0.05, 0) is 45.7 Å². The first-order chi connectivity index (χ1) is 9.35. The van der Waals surface area contributed by atoms with Crippen LogP contribution >= 0.6 is 0 Å². The quantitative estimate of drug-likeness (QED) is 0.795. The molecule has 2 aromatic rings. The average Bonchev–Trinajstić information content (AvgIpc) is 2.61. The smallest absolute Gasteiger partial charge is 0.419 e. The summed E-state index contributed by atoms with van der Waals surface area (Å²) in [6.07, 6.45) is 1.74. The van der Waals surface area contributed by atoms with Crippen molar-refractivity contribution >= 4 is 17.0 Å². The predicted octanol–water partition coefficient (Wildman–Crippen LogP) is 4.69. The molecule has 0 atom stereocenters. The molecule has 0 aliphatic heterocycles. The molecule has 20 heavy (non-hydrogen) atoms. The van der Waals surface area contributed by atoms with Crippen molar-refractivity contribution in [2.24, 2.45) is 0 Å². The zero-order valence-corrected chi connectivity index (χ0v) is 13.0. The lowest BCUT2D eigenvalue weighted by Crippen LogP contribution is -2.27. The Labute approximate surface area is 120 Å². The first kappa shape index (κ1) is 14.6. The van der Waals surface area contributed by atoms with Crippen molar-refractivity contribution in [2.75, 3.05) is 0 Å².